The Morgan fingerprint density at radius 2 is 1.90 bits per heavy atom. The Labute approximate surface area is 175 Å². The van der Waals surface area contributed by atoms with Crippen LogP contribution in [-0.4, -0.2) is 26.1 Å². The molecule has 1 saturated heterocycles. The highest BCUT2D eigenvalue weighted by Crippen LogP contribution is 2.36. The van der Waals surface area contributed by atoms with Crippen molar-refractivity contribution in [2.75, 3.05) is 30.4 Å². The average molecular weight is 469 g/mol. The van der Waals surface area contributed by atoms with Gasteiger partial charge in [0.15, 0.2) is 0 Å². The molecule has 1 heterocycles. The van der Waals surface area contributed by atoms with Crippen LogP contribution in [0.25, 0.3) is 6.08 Å². The summed E-state index contributed by atoms with van der Waals surface area (Å²) in [5.74, 6) is 0.0564. The fraction of sp³-hybridized carbons (Fsp3) is 0.286. The summed E-state index contributed by atoms with van der Waals surface area (Å²) in [6, 6.07) is 8.79. The number of nitrogens with zero attached hydrogens (tertiary/aromatic N) is 1. The Hall–Kier alpha value is -2.48. The third-order valence-corrected chi connectivity index (χ3v) is 5.13. The van der Waals surface area contributed by atoms with Crippen LogP contribution < -0.4 is 15.0 Å². The lowest BCUT2D eigenvalue weighted by Crippen LogP contribution is -2.21. The standard InChI is InChI=1S/C21H20BrF3N2O2/c1-29-19-8-6-16(22)12-14(19)4-9-20(28)26-17-13-15(21(23,24)25)5-7-18(17)27-10-2-3-11-27/h4-9,12-13H,2-3,10-11H2,1H3,(H,26,28)/b9-4+. The first-order chi connectivity index (χ1) is 13.8. The Morgan fingerprint density at radius 1 is 1.17 bits per heavy atom. The zero-order chi connectivity index (χ0) is 21.0. The molecular formula is C21H20BrF3N2O2. The fourth-order valence-corrected chi connectivity index (χ4v) is 3.60. The summed E-state index contributed by atoms with van der Waals surface area (Å²) in [6.07, 6.45) is 0.289. The van der Waals surface area contributed by atoms with Gasteiger partial charge in [0.2, 0.25) is 5.91 Å². The van der Waals surface area contributed by atoms with Crippen molar-refractivity contribution >= 4 is 39.3 Å². The second-order valence-electron chi connectivity index (χ2n) is 6.63. The van der Waals surface area contributed by atoms with Crippen LogP contribution in [-0.2, 0) is 11.0 Å². The number of benzene rings is 2. The Morgan fingerprint density at radius 3 is 2.55 bits per heavy atom. The van der Waals surface area contributed by atoms with Crippen molar-refractivity contribution in [3.8, 4) is 5.75 Å². The van der Waals surface area contributed by atoms with Crippen LogP contribution in [0.5, 0.6) is 5.75 Å². The van der Waals surface area contributed by atoms with Crippen LogP contribution in [0.2, 0.25) is 0 Å². The molecule has 0 unspecified atom stereocenters. The van der Waals surface area contributed by atoms with E-state index in [0.29, 0.717) is 17.0 Å². The van der Waals surface area contributed by atoms with E-state index < -0.39 is 17.6 Å². The Bertz CT molecular complexity index is 923. The number of anilines is 2. The van der Waals surface area contributed by atoms with E-state index in [1.54, 1.807) is 24.3 Å². The molecule has 0 saturated carbocycles. The average Bonchev–Trinajstić information content (AvgIpc) is 3.20. The highest BCUT2D eigenvalue weighted by Gasteiger charge is 2.31. The predicted molar refractivity (Wildman–Crippen MR) is 111 cm³/mol. The summed E-state index contributed by atoms with van der Waals surface area (Å²) in [7, 11) is 1.52. The summed E-state index contributed by atoms with van der Waals surface area (Å²) in [6.45, 7) is 1.50. The number of alkyl halides is 3. The van der Waals surface area contributed by atoms with E-state index in [1.807, 2.05) is 4.90 Å². The van der Waals surface area contributed by atoms with Crippen molar-refractivity contribution in [1.29, 1.82) is 0 Å². The molecule has 1 amide bonds. The summed E-state index contributed by atoms with van der Waals surface area (Å²) >= 11 is 3.36. The Balaban J connectivity index is 1.86. The van der Waals surface area contributed by atoms with Crippen molar-refractivity contribution in [2.24, 2.45) is 0 Å². The zero-order valence-corrected chi connectivity index (χ0v) is 17.3. The number of nitrogens with one attached hydrogen (secondary N) is 1. The molecule has 29 heavy (non-hydrogen) atoms. The van der Waals surface area contributed by atoms with Gasteiger partial charge in [0.05, 0.1) is 24.0 Å². The molecule has 0 atom stereocenters. The van der Waals surface area contributed by atoms with Gasteiger partial charge in [0.25, 0.3) is 0 Å². The maximum absolute atomic E-state index is 13.1. The van der Waals surface area contributed by atoms with Crippen molar-refractivity contribution in [2.45, 2.75) is 19.0 Å². The second-order valence-corrected chi connectivity index (χ2v) is 7.55. The smallest absolute Gasteiger partial charge is 0.416 e. The molecule has 0 radical (unpaired) electrons. The van der Waals surface area contributed by atoms with E-state index in [1.165, 1.54) is 19.3 Å². The molecule has 3 rings (SSSR count). The third kappa shape index (κ3) is 5.32. The van der Waals surface area contributed by atoms with Crippen molar-refractivity contribution in [3.63, 3.8) is 0 Å². The Kier molecular flexibility index (Phi) is 6.52. The van der Waals surface area contributed by atoms with Gasteiger partial charge >= 0.3 is 6.18 Å². The maximum atomic E-state index is 13.1. The maximum Gasteiger partial charge on any atom is 0.416 e. The molecule has 4 nitrogen and oxygen atoms in total. The van der Waals surface area contributed by atoms with E-state index >= 15 is 0 Å². The fourth-order valence-electron chi connectivity index (χ4n) is 3.22. The van der Waals surface area contributed by atoms with Gasteiger partial charge < -0.3 is 15.0 Å². The van der Waals surface area contributed by atoms with Crippen LogP contribution in [0.3, 0.4) is 0 Å². The SMILES string of the molecule is COc1ccc(Br)cc1/C=C/C(=O)Nc1cc(C(F)(F)F)ccc1N1CCCC1. The molecule has 0 aliphatic carbocycles. The quantitative estimate of drug-likeness (QED) is 0.569. The first-order valence-corrected chi connectivity index (χ1v) is 9.86. The molecule has 0 spiro atoms. The minimum absolute atomic E-state index is 0.151. The lowest BCUT2D eigenvalue weighted by molar-refractivity contribution is -0.137. The number of carbonyl (C=O) groups is 1. The topological polar surface area (TPSA) is 41.6 Å². The van der Waals surface area contributed by atoms with Gasteiger partial charge in [0, 0.05) is 29.2 Å². The summed E-state index contributed by atoms with van der Waals surface area (Å²) < 4.78 is 45.5. The van der Waals surface area contributed by atoms with E-state index in [9.17, 15) is 18.0 Å². The van der Waals surface area contributed by atoms with Crippen molar-refractivity contribution in [1.82, 2.24) is 0 Å². The van der Waals surface area contributed by atoms with Gasteiger partial charge in [-0.15, -0.1) is 0 Å². The number of hydrogen-bond acceptors (Lipinski definition) is 3. The number of rotatable bonds is 5. The molecule has 1 aliphatic rings. The number of carbonyl (C=O) groups excluding carboxylic acids is 1. The van der Waals surface area contributed by atoms with Crippen LogP contribution in [0.1, 0.15) is 24.0 Å². The zero-order valence-electron chi connectivity index (χ0n) is 15.7. The summed E-state index contributed by atoms with van der Waals surface area (Å²) in [5.41, 5.74) is 0.615. The van der Waals surface area contributed by atoms with Gasteiger partial charge in [-0.3, -0.25) is 4.79 Å². The molecule has 1 N–H and O–H groups in total. The van der Waals surface area contributed by atoms with E-state index in [2.05, 4.69) is 21.2 Å². The van der Waals surface area contributed by atoms with Gasteiger partial charge in [-0.2, -0.15) is 13.2 Å². The summed E-state index contributed by atoms with van der Waals surface area (Å²) in [5, 5.41) is 2.60. The lowest BCUT2D eigenvalue weighted by Gasteiger charge is -2.22. The molecule has 1 aliphatic heterocycles. The number of hydrogen-bond donors (Lipinski definition) is 1. The van der Waals surface area contributed by atoms with Gasteiger partial charge in [-0.1, -0.05) is 15.9 Å². The van der Waals surface area contributed by atoms with E-state index in [4.69, 9.17) is 4.74 Å². The predicted octanol–water partition coefficient (Wildman–Crippen LogP) is 5.73. The summed E-state index contributed by atoms with van der Waals surface area (Å²) in [4.78, 5) is 14.4. The molecule has 154 valence electrons. The van der Waals surface area contributed by atoms with Gasteiger partial charge in [-0.05, 0) is 55.3 Å². The molecule has 1 fully saturated rings. The number of ether oxygens (including phenoxy) is 1. The first-order valence-electron chi connectivity index (χ1n) is 9.07. The van der Waals surface area contributed by atoms with Crippen molar-refractivity contribution < 1.29 is 22.7 Å². The number of methoxy groups -OCH3 is 1. The number of amides is 1. The molecule has 2 aromatic rings. The molecular weight excluding hydrogens is 449 g/mol. The second kappa shape index (κ2) is 8.90. The van der Waals surface area contributed by atoms with Crippen molar-refractivity contribution in [3.05, 3.63) is 58.1 Å². The molecule has 8 heteroatoms. The van der Waals surface area contributed by atoms with Gasteiger partial charge in [0.1, 0.15) is 5.75 Å². The minimum Gasteiger partial charge on any atom is -0.496 e. The van der Waals surface area contributed by atoms with Crippen LogP contribution >= 0.6 is 15.9 Å². The molecule has 2 aromatic carbocycles. The highest BCUT2D eigenvalue weighted by molar-refractivity contribution is 9.10. The van der Waals surface area contributed by atoms with Crippen LogP contribution in [0.4, 0.5) is 24.5 Å². The monoisotopic (exact) mass is 468 g/mol. The molecule has 0 aromatic heterocycles. The first kappa shape index (κ1) is 21.2. The lowest BCUT2D eigenvalue weighted by atomic mass is 10.1. The van der Waals surface area contributed by atoms with E-state index in [-0.39, 0.29) is 5.69 Å². The highest BCUT2D eigenvalue weighted by atomic mass is 79.9. The molecule has 0 bridgehead atoms. The van der Waals surface area contributed by atoms with Crippen LogP contribution in [0.15, 0.2) is 46.9 Å². The largest absolute Gasteiger partial charge is 0.496 e. The van der Waals surface area contributed by atoms with Crippen LogP contribution in [0, 0.1) is 0 Å². The van der Waals surface area contributed by atoms with E-state index in [0.717, 1.165) is 42.5 Å². The van der Waals surface area contributed by atoms with Gasteiger partial charge in [-0.25, -0.2) is 0 Å². The normalized spacial score (nSPS) is 14.4. The number of halogens is 4. The minimum atomic E-state index is -4.48. The third-order valence-electron chi connectivity index (χ3n) is 4.63.